The Morgan fingerprint density at radius 2 is 1.85 bits per heavy atom. The predicted molar refractivity (Wildman–Crippen MR) is 86.0 cm³/mol. The van der Waals surface area contributed by atoms with Crippen LogP contribution in [0.4, 0.5) is 11.4 Å². The molecule has 2 rings (SSSR count). The third kappa shape index (κ3) is 4.25. The molecule has 0 unspecified atom stereocenters. The molecular formula is C14H18N2O2S2. The Bertz CT molecular complexity index is 706. The van der Waals surface area contributed by atoms with E-state index in [0.717, 1.165) is 18.5 Å². The molecule has 0 spiro atoms. The van der Waals surface area contributed by atoms with E-state index in [-0.39, 0.29) is 0 Å². The van der Waals surface area contributed by atoms with Crippen molar-refractivity contribution in [1.82, 2.24) is 0 Å². The van der Waals surface area contributed by atoms with Gasteiger partial charge in [-0.15, -0.1) is 11.3 Å². The fourth-order valence-electron chi connectivity index (χ4n) is 1.96. The van der Waals surface area contributed by atoms with Crippen molar-refractivity contribution in [3.63, 3.8) is 0 Å². The number of anilines is 2. The maximum absolute atomic E-state index is 11.2. The molecule has 1 heterocycles. The molecular weight excluding hydrogens is 292 g/mol. The average molecular weight is 310 g/mol. The third-order valence-corrected chi connectivity index (χ3v) is 4.41. The van der Waals surface area contributed by atoms with Gasteiger partial charge in [0.2, 0.25) is 10.0 Å². The molecule has 0 fully saturated rings. The number of benzene rings is 1. The summed E-state index contributed by atoms with van der Waals surface area (Å²) in [6.07, 6.45) is 1.14. The maximum atomic E-state index is 11.2. The Hall–Kier alpha value is -1.53. The van der Waals surface area contributed by atoms with E-state index >= 15 is 0 Å². The summed E-state index contributed by atoms with van der Waals surface area (Å²) < 4.78 is 24.9. The van der Waals surface area contributed by atoms with Gasteiger partial charge in [0.05, 0.1) is 11.9 Å². The van der Waals surface area contributed by atoms with Crippen LogP contribution in [0.2, 0.25) is 0 Å². The van der Waals surface area contributed by atoms with E-state index < -0.39 is 10.0 Å². The standard InChI is InChI=1S/C14H18N2O2S2/c1-10-7-12(11(2)19-10)9-15-13-5-4-6-14(8-13)16-20(3,17)18/h4-8,15-16H,9H2,1-3H3. The molecule has 6 heteroatoms. The first kappa shape index (κ1) is 14.9. The molecule has 1 aromatic carbocycles. The van der Waals surface area contributed by atoms with Gasteiger partial charge in [0, 0.05) is 22.0 Å². The average Bonchev–Trinajstić information content (AvgIpc) is 2.63. The fraction of sp³-hybridized carbons (Fsp3) is 0.286. The molecule has 0 saturated carbocycles. The SMILES string of the molecule is Cc1cc(CNc2cccc(NS(C)(=O)=O)c2)c(C)s1. The van der Waals surface area contributed by atoms with Gasteiger partial charge < -0.3 is 5.32 Å². The molecule has 2 N–H and O–H groups in total. The van der Waals surface area contributed by atoms with E-state index in [4.69, 9.17) is 0 Å². The third-order valence-electron chi connectivity index (χ3n) is 2.79. The Kier molecular flexibility index (Phi) is 4.35. The number of hydrogen-bond donors (Lipinski definition) is 2. The highest BCUT2D eigenvalue weighted by atomic mass is 32.2. The van der Waals surface area contributed by atoms with Crippen LogP contribution in [0, 0.1) is 13.8 Å². The van der Waals surface area contributed by atoms with Crippen molar-refractivity contribution in [3.05, 3.63) is 45.6 Å². The van der Waals surface area contributed by atoms with Gasteiger partial charge in [0.15, 0.2) is 0 Å². The van der Waals surface area contributed by atoms with Crippen molar-refractivity contribution in [2.45, 2.75) is 20.4 Å². The van der Waals surface area contributed by atoms with Crippen LogP contribution in [0.5, 0.6) is 0 Å². The summed E-state index contributed by atoms with van der Waals surface area (Å²) in [6, 6.07) is 9.43. The summed E-state index contributed by atoms with van der Waals surface area (Å²) in [5, 5.41) is 3.31. The lowest BCUT2D eigenvalue weighted by molar-refractivity contribution is 0.607. The second kappa shape index (κ2) is 5.85. The van der Waals surface area contributed by atoms with E-state index in [0.29, 0.717) is 5.69 Å². The molecule has 0 saturated heterocycles. The number of thiophene rings is 1. The summed E-state index contributed by atoms with van der Waals surface area (Å²) in [5.41, 5.74) is 2.73. The van der Waals surface area contributed by atoms with Crippen molar-refractivity contribution in [3.8, 4) is 0 Å². The summed E-state index contributed by atoms with van der Waals surface area (Å²) in [5.74, 6) is 0. The summed E-state index contributed by atoms with van der Waals surface area (Å²) >= 11 is 1.78. The first-order valence-corrected chi connectivity index (χ1v) is 8.92. The smallest absolute Gasteiger partial charge is 0.229 e. The van der Waals surface area contributed by atoms with Gasteiger partial charge in [0.1, 0.15) is 0 Å². The molecule has 20 heavy (non-hydrogen) atoms. The van der Waals surface area contributed by atoms with E-state index in [9.17, 15) is 8.42 Å². The number of rotatable bonds is 5. The minimum atomic E-state index is -3.24. The topological polar surface area (TPSA) is 58.2 Å². The molecule has 4 nitrogen and oxygen atoms in total. The zero-order valence-electron chi connectivity index (χ0n) is 11.7. The molecule has 2 aromatic rings. The van der Waals surface area contributed by atoms with Crippen molar-refractivity contribution in [1.29, 1.82) is 0 Å². The van der Waals surface area contributed by atoms with Crippen molar-refractivity contribution >= 4 is 32.7 Å². The van der Waals surface area contributed by atoms with E-state index in [1.54, 1.807) is 23.5 Å². The lowest BCUT2D eigenvalue weighted by atomic mass is 10.2. The molecule has 0 bridgehead atoms. The molecule has 0 amide bonds. The second-order valence-corrected chi connectivity index (χ2v) is 7.96. The van der Waals surface area contributed by atoms with Crippen LogP contribution in [0.1, 0.15) is 15.3 Å². The van der Waals surface area contributed by atoms with Gasteiger partial charge >= 0.3 is 0 Å². The fourth-order valence-corrected chi connectivity index (χ4v) is 3.46. The van der Waals surface area contributed by atoms with Crippen LogP contribution in [-0.4, -0.2) is 14.7 Å². The lowest BCUT2D eigenvalue weighted by Gasteiger charge is -2.09. The molecule has 0 aliphatic heterocycles. The number of nitrogens with one attached hydrogen (secondary N) is 2. The van der Waals surface area contributed by atoms with Crippen LogP contribution in [0.15, 0.2) is 30.3 Å². The first-order chi connectivity index (χ1) is 9.33. The minimum Gasteiger partial charge on any atom is -0.381 e. The highest BCUT2D eigenvalue weighted by Gasteiger charge is 2.04. The zero-order valence-corrected chi connectivity index (χ0v) is 13.4. The van der Waals surface area contributed by atoms with Crippen molar-refractivity contribution in [2.75, 3.05) is 16.3 Å². The molecule has 0 atom stereocenters. The number of hydrogen-bond acceptors (Lipinski definition) is 4. The molecule has 1 aromatic heterocycles. The highest BCUT2D eigenvalue weighted by molar-refractivity contribution is 7.92. The first-order valence-electron chi connectivity index (χ1n) is 6.21. The van der Waals surface area contributed by atoms with Gasteiger partial charge in [-0.05, 0) is 43.7 Å². The van der Waals surface area contributed by atoms with Gasteiger partial charge in [0.25, 0.3) is 0 Å². The van der Waals surface area contributed by atoms with Crippen LogP contribution >= 0.6 is 11.3 Å². The summed E-state index contributed by atoms with van der Waals surface area (Å²) in [7, 11) is -3.24. The van der Waals surface area contributed by atoms with Crippen molar-refractivity contribution in [2.24, 2.45) is 0 Å². The molecule has 0 radical (unpaired) electrons. The van der Waals surface area contributed by atoms with Crippen LogP contribution in [0.25, 0.3) is 0 Å². The number of sulfonamides is 1. The van der Waals surface area contributed by atoms with Crippen LogP contribution in [-0.2, 0) is 16.6 Å². The quantitative estimate of drug-likeness (QED) is 0.890. The van der Waals surface area contributed by atoms with E-state index in [1.165, 1.54) is 15.3 Å². The Morgan fingerprint density at radius 3 is 2.45 bits per heavy atom. The lowest BCUT2D eigenvalue weighted by Crippen LogP contribution is -2.09. The highest BCUT2D eigenvalue weighted by Crippen LogP contribution is 2.22. The van der Waals surface area contributed by atoms with Gasteiger partial charge in [-0.3, -0.25) is 4.72 Å². The monoisotopic (exact) mass is 310 g/mol. The van der Waals surface area contributed by atoms with Gasteiger partial charge in [-0.1, -0.05) is 6.07 Å². The van der Waals surface area contributed by atoms with E-state index in [1.807, 2.05) is 12.1 Å². The van der Waals surface area contributed by atoms with E-state index in [2.05, 4.69) is 30.0 Å². The normalized spacial score (nSPS) is 11.3. The number of aryl methyl sites for hydroxylation is 2. The Balaban J connectivity index is 2.07. The molecule has 0 aliphatic carbocycles. The van der Waals surface area contributed by atoms with Gasteiger partial charge in [-0.25, -0.2) is 8.42 Å². The molecule has 108 valence electrons. The second-order valence-electron chi connectivity index (χ2n) is 4.75. The minimum absolute atomic E-state index is 0.565. The Labute approximate surface area is 123 Å². The summed E-state index contributed by atoms with van der Waals surface area (Å²) in [6.45, 7) is 4.94. The van der Waals surface area contributed by atoms with Crippen LogP contribution < -0.4 is 10.0 Å². The van der Waals surface area contributed by atoms with Crippen molar-refractivity contribution < 1.29 is 8.42 Å². The summed E-state index contributed by atoms with van der Waals surface area (Å²) in [4.78, 5) is 2.60. The zero-order chi connectivity index (χ0) is 14.8. The maximum Gasteiger partial charge on any atom is 0.229 e. The molecule has 0 aliphatic rings. The van der Waals surface area contributed by atoms with Crippen LogP contribution in [0.3, 0.4) is 0 Å². The van der Waals surface area contributed by atoms with Gasteiger partial charge in [-0.2, -0.15) is 0 Å². The largest absolute Gasteiger partial charge is 0.381 e. The Morgan fingerprint density at radius 1 is 1.15 bits per heavy atom. The predicted octanol–water partition coefficient (Wildman–Crippen LogP) is 3.35.